The van der Waals surface area contributed by atoms with E-state index >= 15 is 0 Å². The van der Waals surface area contributed by atoms with E-state index in [4.69, 9.17) is 4.74 Å². The first kappa shape index (κ1) is 11.4. The number of rotatable bonds is 8. The lowest BCUT2D eigenvalue weighted by atomic mass is 9.85. The lowest BCUT2D eigenvalue weighted by Gasteiger charge is -2.29. The lowest BCUT2D eigenvalue weighted by molar-refractivity contribution is 0.0350. The molecule has 2 saturated carbocycles. The Balaban J connectivity index is 1.70. The fourth-order valence-corrected chi connectivity index (χ4v) is 2.25. The van der Waals surface area contributed by atoms with E-state index in [1.54, 1.807) is 0 Å². The molecule has 2 heteroatoms. The summed E-state index contributed by atoms with van der Waals surface area (Å²) in [7, 11) is 0. The maximum atomic E-state index is 5.88. The van der Waals surface area contributed by atoms with Gasteiger partial charge in [0.2, 0.25) is 0 Å². The predicted octanol–water partition coefficient (Wildman–Crippen LogP) is 2.44. The van der Waals surface area contributed by atoms with Crippen molar-refractivity contribution in [3.05, 3.63) is 0 Å². The Hall–Kier alpha value is -0.0800. The summed E-state index contributed by atoms with van der Waals surface area (Å²) in [5, 5.41) is 3.48. The molecule has 0 bridgehead atoms. The van der Waals surface area contributed by atoms with Gasteiger partial charge in [-0.1, -0.05) is 13.8 Å². The highest BCUT2D eigenvalue weighted by atomic mass is 16.5. The van der Waals surface area contributed by atoms with Crippen LogP contribution >= 0.6 is 0 Å². The molecule has 2 fully saturated rings. The summed E-state index contributed by atoms with van der Waals surface area (Å²) in [5.74, 6) is 1.81. The summed E-state index contributed by atoms with van der Waals surface area (Å²) < 4.78 is 5.88. The second-order valence-corrected chi connectivity index (χ2v) is 5.67. The largest absolute Gasteiger partial charge is 0.381 e. The molecule has 1 N–H and O–H groups in total. The Morgan fingerprint density at radius 1 is 1.27 bits per heavy atom. The molecule has 0 radical (unpaired) electrons. The molecule has 1 atom stereocenters. The van der Waals surface area contributed by atoms with Crippen LogP contribution in [-0.2, 0) is 4.74 Å². The van der Waals surface area contributed by atoms with Gasteiger partial charge in [0.1, 0.15) is 0 Å². The number of hydrogen-bond donors (Lipinski definition) is 1. The second kappa shape index (κ2) is 4.84. The first-order valence-electron chi connectivity index (χ1n) is 6.53. The summed E-state index contributed by atoms with van der Waals surface area (Å²) in [6, 6.07) is 0. The van der Waals surface area contributed by atoms with Crippen molar-refractivity contribution in [2.45, 2.75) is 39.5 Å². The van der Waals surface area contributed by atoms with Gasteiger partial charge in [0.15, 0.2) is 0 Å². The van der Waals surface area contributed by atoms with Gasteiger partial charge in [-0.15, -0.1) is 0 Å². The maximum absolute atomic E-state index is 5.88. The molecular weight excluding hydrogens is 186 g/mol. The third-order valence-electron chi connectivity index (χ3n) is 3.82. The van der Waals surface area contributed by atoms with Crippen LogP contribution < -0.4 is 5.32 Å². The van der Waals surface area contributed by atoms with Gasteiger partial charge >= 0.3 is 0 Å². The molecule has 0 amide bonds. The minimum atomic E-state index is 0.394. The molecule has 0 heterocycles. The molecule has 0 aromatic carbocycles. The van der Waals surface area contributed by atoms with Gasteiger partial charge in [-0.05, 0) is 44.1 Å². The number of nitrogens with one attached hydrogen (secondary N) is 1. The molecule has 0 aromatic heterocycles. The van der Waals surface area contributed by atoms with E-state index in [2.05, 4.69) is 19.2 Å². The fraction of sp³-hybridized carbons (Fsp3) is 1.00. The van der Waals surface area contributed by atoms with Crippen LogP contribution in [0.2, 0.25) is 0 Å². The van der Waals surface area contributed by atoms with Gasteiger partial charge < -0.3 is 10.1 Å². The first-order valence-corrected chi connectivity index (χ1v) is 6.53. The zero-order valence-electron chi connectivity index (χ0n) is 10.2. The molecule has 2 aliphatic carbocycles. The van der Waals surface area contributed by atoms with Crippen LogP contribution in [0.1, 0.15) is 39.5 Å². The van der Waals surface area contributed by atoms with E-state index in [9.17, 15) is 0 Å². The monoisotopic (exact) mass is 211 g/mol. The maximum Gasteiger partial charge on any atom is 0.0534 e. The Kier molecular flexibility index (Phi) is 3.68. The van der Waals surface area contributed by atoms with Crippen molar-refractivity contribution in [1.29, 1.82) is 0 Å². The third kappa shape index (κ3) is 3.46. The van der Waals surface area contributed by atoms with Gasteiger partial charge in [-0.2, -0.15) is 0 Å². The Bertz CT molecular complexity index is 199. The second-order valence-electron chi connectivity index (χ2n) is 5.67. The molecule has 15 heavy (non-hydrogen) atoms. The van der Waals surface area contributed by atoms with Crippen molar-refractivity contribution >= 4 is 0 Å². The molecule has 1 unspecified atom stereocenters. The summed E-state index contributed by atoms with van der Waals surface area (Å²) >= 11 is 0. The smallest absolute Gasteiger partial charge is 0.0534 e. The van der Waals surface area contributed by atoms with E-state index in [1.165, 1.54) is 25.7 Å². The molecule has 0 saturated heterocycles. The van der Waals surface area contributed by atoms with Gasteiger partial charge in [0.25, 0.3) is 0 Å². The molecule has 0 aliphatic heterocycles. The minimum absolute atomic E-state index is 0.394. The number of hydrogen-bond acceptors (Lipinski definition) is 2. The molecule has 2 nitrogen and oxygen atoms in total. The lowest BCUT2D eigenvalue weighted by Crippen LogP contribution is -2.37. The molecule has 2 aliphatic rings. The van der Waals surface area contributed by atoms with E-state index in [1.807, 2.05) is 0 Å². The van der Waals surface area contributed by atoms with Gasteiger partial charge in [0.05, 0.1) is 6.61 Å². The average molecular weight is 211 g/mol. The normalized spacial score (nSPS) is 25.2. The zero-order chi connectivity index (χ0) is 10.7. The highest BCUT2D eigenvalue weighted by Gasteiger charge is 2.41. The standard InChI is InChI=1S/C13H25NO/c1-3-14-9-13(2,12-6-7-12)10-15-8-11-4-5-11/h11-12,14H,3-10H2,1-2H3. The minimum Gasteiger partial charge on any atom is -0.381 e. The molecule has 88 valence electrons. The van der Waals surface area contributed by atoms with Crippen LogP contribution in [0.25, 0.3) is 0 Å². The van der Waals surface area contributed by atoms with E-state index in [0.29, 0.717) is 5.41 Å². The summed E-state index contributed by atoms with van der Waals surface area (Å²) in [5.41, 5.74) is 0.394. The Labute approximate surface area is 93.8 Å². The van der Waals surface area contributed by atoms with Crippen LogP contribution in [0, 0.1) is 17.3 Å². The Morgan fingerprint density at radius 2 is 2.00 bits per heavy atom. The molecular formula is C13H25NO. The van der Waals surface area contributed by atoms with Gasteiger partial charge in [-0.3, -0.25) is 0 Å². The van der Waals surface area contributed by atoms with Crippen molar-refractivity contribution in [2.24, 2.45) is 17.3 Å². The fourth-order valence-electron chi connectivity index (χ4n) is 2.25. The van der Waals surface area contributed by atoms with Crippen LogP contribution in [-0.4, -0.2) is 26.3 Å². The van der Waals surface area contributed by atoms with Crippen LogP contribution in [0.15, 0.2) is 0 Å². The summed E-state index contributed by atoms with van der Waals surface area (Å²) in [4.78, 5) is 0. The average Bonchev–Trinajstić information content (AvgIpc) is 3.02. The zero-order valence-corrected chi connectivity index (χ0v) is 10.2. The van der Waals surface area contributed by atoms with E-state index < -0.39 is 0 Å². The molecule has 0 aromatic rings. The summed E-state index contributed by atoms with van der Waals surface area (Å²) in [6.45, 7) is 8.73. The van der Waals surface area contributed by atoms with Crippen LogP contribution in [0.3, 0.4) is 0 Å². The van der Waals surface area contributed by atoms with Crippen molar-refractivity contribution in [3.63, 3.8) is 0 Å². The van der Waals surface area contributed by atoms with Crippen molar-refractivity contribution in [2.75, 3.05) is 26.3 Å². The van der Waals surface area contributed by atoms with Gasteiger partial charge in [0, 0.05) is 18.6 Å². The van der Waals surface area contributed by atoms with Crippen molar-refractivity contribution in [3.8, 4) is 0 Å². The van der Waals surface area contributed by atoms with Crippen molar-refractivity contribution < 1.29 is 4.74 Å². The SMILES string of the molecule is CCNCC(C)(COCC1CC1)C1CC1. The quantitative estimate of drug-likeness (QED) is 0.666. The van der Waals surface area contributed by atoms with Crippen LogP contribution in [0.4, 0.5) is 0 Å². The third-order valence-corrected chi connectivity index (χ3v) is 3.82. The first-order chi connectivity index (χ1) is 7.24. The van der Waals surface area contributed by atoms with Crippen molar-refractivity contribution in [1.82, 2.24) is 5.32 Å². The predicted molar refractivity (Wildman–Crippen MR) is 62.9 cm³/mol. The van der Waals surface area contributed by atoms with E-state index in [0.717, 1.165) is 38.1 Å². The molecule has 2 rings (SSSR count). The topological polar surface area (TPSA) is 21.3 Å². The molecule has 0 spiro atoms. The van der Waals surface area contributed by atoms with E-state index in [-0.39, 0.29) is 0 Å². The highest BCUT2D eigenvalue weighted by Crippen LogP contribution is 2.45. The Morgan fingerprint density at radius 3 is 2.53 bits per heavy atom. The van der Waals surface area contributed by atoms with Crippen LogP contribution in [0.5, 0.6) is 0 Å². The van der Waals surface area contributed by atoms with Gasteiger partial charge in [-0.25, -0.2) is 0 Å². The summed E-state index contributed by atoms with van der Waals surface area (Å²) in [6.07, 6.45) is 5.62. The number of ether oxygens (including phenoxy) is 1. The highest BCUT2D eigenvalue weighted by molar-refractivity contribution is 4.92.